The van der Waals surface area contributed by atoms with Crippen LogP contribution < -0.4 is 10.2 Å². The molecule has 1 aromatic carbocycles. The van der Waals surface area contributed by atoms with Crippen molar-refractivity contribution in [3.05, 3.63) is 22.8 Å². The average Bonchev–Trinajstić information content (AvgIpc) is 2.40. The summed E-state index contributed by atoms with van der Waals surface area (Å²) in [4.78, 5) is 5.43. The van der Waals surface area contributed by atoms with Gasteiger partial charge < -0.3 is 14.7 Å². The topological polar surface area (TPSA) is 50.7 Å². The van der Waals surface area contributed by atoms with Gasteiger partial charge >= 0.3 is 0 Å². The molecule has 20 heavy (non-hydrogen) atoms. The first-order chi connectivity index (χ1) is 9.56. The minimum atomic E-state index is -0.0301. The molecular weight excluding hydrogens is 254 g/mol. The van der Waals surface area contributed by atoms with Crippen molar-refractivity contribution in [2.75, 3.05) is 6.61 Å². The summed E-state index contributed by atoms with van der Waals surface area (Å²) in [5, 5.41) is 10.2. The monoisotopic (exact) mass is 277 g/mol. The largest absolute Gasteiger partial charge is 0.507 e. The lowest BCUT2D eigenvalue weighted by Crippen LogP contribution is -2.49. The SMILES string of the molecule is CCONC1CC2(CCC2)Oc2cc(C)c(O)c(C)c21. The molecule has 1 aliphatic heterocycles. The van der Waals surface area contributed by atoms with Gasteiger partial charge in [0.15, 0.2) is 0 Å². The molecule has 110 valence electrons. The van der Waals surface area contributed by atoms with Crippen molar-refractivity contribution in [1.29, 1.82) is 0 Å². The Labute approximate surface area is 120 Å². The van der Waals surface area contributed by atoms with Crippen LogP contribution in [0.1, 0.15) is 55.3 Å². The molecule has 2 N–H and O–H groups in total. The summed E-state index contributed by atoms with van der Waals surface area (Å²) >= 11 is 0. The summed E-state index contributed by atoms with van der Waals surface area (Å²) in [5.74, 6) is 1.26. The van der Waals surface area contributed by atoms with Crippen LogP contribution in [-0.4, -0.2) is 17.3 Å². The van der Waals surface area contributed by atoms with Crippen LogP contribution in [0.15, 0.2) is 6.07 Å². The molecule has 0 bridgehead atoms. The fourth-order valence-electron chi connectivity index (χ4n) is 3.38. The number of nitrogens with one attached hydrogen (secondary N) is 1. The van der Waals surface area contributed by atoms with E-state index in [4.69, 9.17) is 9.57 Å². The normalized spacial score (nSPS) is 23.1. The quantitative estimate of drug-likeness (QED) is 0.832. The molecule has 4 heteroatoms. The zero-order chi connectivity index (χ0) is 14.3. The van der Waals surface area contributed by atoms with E-state index in [1.807, 2.05) is 26.8 Å². The molecule has 0 aromatic heterocycles. The van der Waals surface area contributed by atoms with Crippen molar-refractivity contribution < 1.29 is 14.7 Å². The van der Waals surface area contributed by atoms with Crippen LogP contribution in [0.2, 0.25) is 0 Å². The van der Waals surface area contributed by atoms with Crippen molar-refractivity contribution in [2.45, 2.75) is 58.1 Å². The van der Waals surface area contributed by atoms with Gasteiger partial charge in [-0.15, -0.1) is 0 Å². The molecule has 1 heterocycles. The van der Waals surface area contributed by atoms with Crippen LogP contribution in [0.5, 0.6) is 11.5 Å². The highest BCUT2D eigenvalue weighted by Gasteiger charge is 2.46. The molecule has 0 radical (unpaired) electrons. The van der Waals surface area contributed by atoms with Crippen molar-refractivity contribution in [3.63, 3.8) is 0 Å². The van der Waals surface area contributed by atoms with Crippen LogP contribution in [0.4, 0.5) is 0 Å². The number of hydrogen-bond donors (Lipinski definition) is 2. The molecular formula is C16H23NO3. The Bertz CT molecular complexity index is 523. The van der Waals surface area contributed by atoms with Gasteiger partial charge in [-0.1, -0.05) is 0 Å². The summed E-state index contributed by atoms with van der Waals surface area (Å²) in [6, 6.07) is 2.04. The van der Waals surface area contributed by atoms with Gasteiger partial charge in [0.25, 0.3) is 0 Å². The Kier molecular flexibility index (Phi) is 3.38. The van der Waals surface area contributed by atoms with Crippen LogP contribution >= 0.6 is 0 Å². The Morgan fingerprint density at radius 1 is 1.45 bits per heavy atom. The Morgan fingerprint density at radius 3 is 2.80 bits per heavy atom. The van der Waals surface area contributed by atoms with E-state index in [0.29, 0.717) is 12.4 Å². The van der Waals surface area contributed by atoms with Crippen LogP contribution in [-0.2, 0) is 4.84 Å². The predicted octanol–water partition coefficient (Wildman–Crippen LogP) is 3.30. The molecule has 1 aliphatic carbocycles. The van der Waals surface area contributed by atoms with Crippen LogP contribution in [0.3, 0.4) is 0 Å². The number of hydroxylamine groups is 1. The van der Waals surface area contributed by atoms with Crippen molar-refractivity contribution in [1.82, 2.24) is 5.48 Å². The zero-order valence-corrected chi connectivity index (χ0v) is 12.5. The van der Waals surface area contributed by atoms with Crippen molar-refractivity contribution in [3.8, 4) is 11.5 Å². The molecule has 4 nitrogen and oxygen atoms in total. The molecule has 3 rings (SSSR count). The van der Waals surface area contributed by atoms with Crippen molar-refractivity contribution in [2.24, 2.45) is 0 Å². The minimum Gasteiger partial charge on any atom is -0.507 e. The summed E-state index contributed by atoms with van der Waals surface area (Å²) in [6.45, 7) is 6.45. The molecule has 1 unspecified atom stereocenters. The van der Waals surface area contributed by atoms with E-state index in [9.17, 15) is 5.11 Å². The lowest BCUT2D eigenvalue weighted by Gasteiger charge is -2.48. The van der Waals surface area contributed by atoms with E-state index >= 15 is 0 Å². The van der Waals surface area contributed by atoms with Gasteiger partial charge in [0.05, 0.1) is 12.6 Å². The molecule has 1 aromatic rings. The second-order valence-corrected chi connectivity index (χ2v) is 6.03. The molecule has 1 fully saturated rings. The number of hydrogen-bond acceptors (Lipinski definition) is 4. The van der Waals surface area contributed by atoms with E-state index in [2.05, 4.69) is 5.48 Å². The van der Waals surface area contributed by atoms with Gasteiger partial charge in [-0.05, 0) is 57.2 Å². The van der Waals surface area contributed by atoms with Gasteiger partial charge in [0, 0.05) is 12.0 Å². The maximum absolute atomic E-state index is 10.2. The maximum Gasteiger partial charge on any atom is 0.125 e. The molecule has 0 amide bonds. The first kappa shape index (κ1) is 13.7. The first-order valence-electron chi connectivity index (χ1n) is 7.46. The molecule has 2 aliphatic rings. The number of fused-ring (bicyclic) bond motifs is 1. The summed E-state index contributed by atoms with van der Waals surface area (Å²) in [5.41, 5.74) is 5.92. The molecule has 1 atom stereocenters. The smallest absolute Gasteiger partial charge is 0.125 e. The fourth-order valence-corrected chi connectivity index (χ4v) is 3.38. The third kappa shape index (κ3) is 2.07. The summed E-state index contributed by atoms with van der Waals surface area (Å²) < 4.78 is 6.28. The van der Waals surface area contributed by atoms with Gasteiger partial charge in [0.2, 0.25) is 0 Å². The molecule has 1 spiro atoms. The highest BCUT2D eigenvalue weighted by molar-refractivity contribution is 5.54. The first-order valence-corrected chi connectivity index (χ1v) is 7.46. The van der Waals surface area contributed by atoms with E-state index in [1.165, 1.54) is 6.42 Å². The number of ether oxygens (including phenoxy) is 1. The second-order valence-electron chi connectivity index (χ2n) is 6.03. The van der Waals surface area contributed by atoms with Gasteiger partial charge in [-0.25, -0.2) is 0 Å². The van der Waals surface area contributed by atoms with E-state index in [0.717, 1.165) is 41.7 Å². The average molecular weight is 277 g/mol. The Morgan fingerprint density at radius 2 is 2.20 bits per heavy atom. The highest BCUT2D eigenvalue weighted by atomic mass is 16.6. The number of aromatic hydroxyl groups is 1. The number of phenolic OH excluding ortho intramolecular Hbond substituents is 1. The standard InChI is InChI=1S/C16H23NO3/c1-4-19-17-12-9-16(6-5-7-16)20-13-8-10(2)15(18)11(3)14(12)13/h8,12,17-18H,4-7,9H2,1-3H3. The van der Waals surface area contributed by atoms with Gasteiger partial charge in [0.1, 0.15) is 17.1 Å². The lowest BCUT2D eigenvalue weighted by atomic mass is 9.72. The highest BCUT2D eigenvalue weighted by Crippen LogP contribution is 2.51. The number of aryl methyl sites for hydroxylation is 1. The minimum absolute atomic E-state index is 0.0301. The Hall–Kier alpha value is -1.26. The lowest BCUT2D eigenvalue weighted by molar-refractivity contribution is -0.0669. The molecule has 0 saturated heterocycles. The maximum atomic E-state index is 10.2. The summed E-state index contributed by atoms with van der Waals surface area (Å²) in [7, 11) is 0. The number of benzene rings is 1. The van der Waals surface area contributed by atoms with Crippen molar-refractivity contribution >= 4 is 0 Å². The third-order valence-electron chi connectivity index (χ3n) is 4.63. The fraction of sp³-hybridized carbons (Fsp3) is 0.625. The van der Waals surface area contributed by atoms with E-state index < -0.39 is 0 Å². The summed E-state index contributed by atoms with van der Waals surface area (Å²) in [6.07, 6.45) is 4.35. The Balaban J connectivity index is 2.02. The zero-order valence-electron chi connectivity index (χ0n) is 12.5. The predicted molar refractivity (Wildman–Crippen MR) is 76.9 cm³/mol. The van der Waals surface area contributed by atoms with E-state index in [1.54, 1.807) is 0 Å². The number of rotatable bonds is 3. The van der Waals surface area contributed by atoms with Gasteiger partial charge in [-0.3, -0.25) is 0 Å². The third-order valence-corrected chi connectivity index (χ3v) is 4.63. The number of phenols is 1. The van der Waals surface area contributed by atoms with Crippen LogP contribution in [0.25, 0.3) is 0 Å². The van der Waals surface area contributed by atoms with Gasteiger partial charge in [-0.2, -0.15) is 5.48 Å². The second kappa shape index (κ2) is 4.93. The van der Waals surface area contributed by atoms with E-state index in [-0.39, 0.29) is 11.6 Å². The van der Waals surface area contributed by atoms with Crippen LogP contribution in [0, 0.1) is 13.8 Å². The molecule has 1 saturated carbocycles.